The smallest absolute Gasteiger partial charge is 0.325 e. The lowest BCUT2D eigenvalue weighted by molar-refractivity contribution is -0.115. The van der Waals surface area contributed by atoms with Crippen LogP contribution in [0, 0.1) is 0 Å². The average Bonchev–Trinajstić information content (AvgIpc) is 3.14. The minimum absolute atomic E-state index is 0.108. The van der Waals surface area contributed by atoms with Crippen molar-refractivity contribution in [3.8, 4) is 0 Å². The van der Waals surface area contributed by atoms with Crippen molar-refractivity contribution in [3.05, 3.63) is 82.8 Å². The summed E-state index contributed by atoms with van der Waals surface area (Å²) in [6, 6.07) is 20.0. The molecular formula is C22H17ClN4O2S. The van der Waals surface area contributed by atoms with E-state index in [1.165, 1.54) is 11.3 Å². The summed E-state index contributed by atoms with van der Waals surface area (Å²) in [5, 5.41) is 13.0. The van der Waals surface area contributed by atoms with Gasteiger partial charge in [-0.1, -0.05) is 54.1 Å². The number of halogens is 1. The number of carbonyl (C=O) groups is 2. The minimum atomic E-state index is -0.432. The van der Waals surface area contributed by atoms with Crippen LogP contribution in [0.5, 0.6) is 0 Å². The molecule has 0 unspecified atom stereocenters. The molecule has 0 saturated heterocycles. The second-order valence-electron chi connectivity index (χ2n) is 6.49. The number of nitrogens with one attached hydrogen (secondary N) is 3. The van der Waals surface area contributed by atoms with Gasteiger partial charge in [0, 0.05) is 27.2 Å². The Hall–Kier alpha value is -3.42. The number of urea groups is 1. The average molecular weight is 437 g/mol. The van der Waals surface area contributed by atoms with Crippen LogP contribution in [0.4, 0.5) is 21.3 Å². The fraction of sp³-hybridized carbons (Fsp3) is 0.0455. The predicted molar refractivity (Wildman–Crippen MR) is 122 cm³/mol. The third-order valence-corrected chi connectivity index (χ3v) is 5.30. The Bertz CT molecular complexity index is 1220. The van der Waals surface area contributed by atoms with E-state index in [4.69, 9.17) is 11.6 Å². The lowest BCUT2D eigenvalue weighted by Gasteiger charge is -2.08. The fourth-order valence-corrected chi connectivity index (χ4v) is 3.86. The van der Waals surface area contributed by atoms with Gasteiger partial charge >= 0.3 is 6.03 Å². The molecule has 0 aliphatic rings. The number of carbonyl (C=O) groups excluding carboxylic acids is 2. The van der Waals surface area contributed by atoms with Gasteiger partial charge in [0.1, 0.15) is 0 Å². The standard InChI is InChI=1S/C22H17ClN4O2S/c23-15-7-4-8-16(11-15)24-21(29)27-22-25-17(13-30-22)12-20(28)26-19-10-3-6-14-5-1-2-9-18(14)19/h1-11,13H,12H2,(H,26,28)(H2,24,25,27,29). The molecule has 1 aromatic heterocycles. The number of nitrogens with zero attached hydrogens (tertiary/aromatic N) is 1. The SMILES string of the molecule is O=C(Cc1csc(NC(=O)Nc2cccc(Cl)c2)n1)Nc1cccc2ccccc12. The Balaban J connectivity index is 1.36. The minimum Gasteiger partial charge on any atom is -0.325 e. The van der Waals surface area contributed by atoms with Crippen molar-refractivity contribution in [3.63, 3.8) is 0 Å². The molecule has 30 heavy (non-hydrogen) atoms. The highest BCUT2D eigenvalue weighted by molar-refractivity contribution is 7.14. The molecule has 0 radical (unpaired) electrons. The molecule has 0 spiro atoms. The van der Waals surface area contributed by atoms with Gasteiger partial charge in [-0.25, -0.2) is 9.78 Å². The van der Waals surface area contributed by atoms with E-state index in [1.807, 2.05) is 42.5 Å². The summed E-state index contributed by atoms with van der Waals surface area (Å²) in [4.78, 5) is 28.9. The molecule has 6 nitrogen and oxygen atoms in total. The van der Waals surface area contributed by atoms with Crippen LogP contribution in [-0.2, 0) is 11.2 Å². The second kappa shape index (κ2) is 8.94. The first kappa shape index (κ1) is 19.9. The molecular weight excluding hydrogens is 420 g/mol. The van der Waals surface area contributed by atoms with Crippen molar-refractivity contribution in [2.24, 2.45) is 0 Å². The monoisotopic (exact) mass is 436 g/mol. The van der Waals surface area contributed by atoms with Crippen molar-refractivity contribution in [1.82, 2.24) is 4.98 Å². The predicted octanol–water partition coefficient (Wildman–Crippen LogP) is 5.77. The van der Waals surface area contributed by atoms with Crippen LogP contribution in [0.25, 0.3) is 10.8 Å². The van der Waals surface area contributed by atoms with Crippen molar-refractivity contribution >= 4 is 62.2 Å². The van der Waals surface area contributed by atoms with Crippen molar-refractivity contribution in [2.45, 2.75) is 6.42 Å². The van der Waals surface area contributed by atoms with Crippen LogP contribution in [0.3, 0.4) is 0 Å². The van der Waals surface area contributed by atoms with Gasteiger partial charge in [-0.05, 0) is 29.7 Å². The van der Waals surface area contributed by atoms with Crippen LogP contribution in [0.1, 0.15) is 5.69 Å². The molecule has 4 rings (SSSR count). The van der Waals surface area contributed by atoms with E-state index in [2.05, 4.69) is 20.9 Å². The summed E-state index contributed by atoms with van der Waals surface area (Å²) < 4.78 is 0. The van der Waals surface area contributed by atoms with Crippen molar-refractivity contribution in [1.29, 1.82) is 0 Å². The van der Waals surface area contributed by atoms with Gasteiger partial charge < -0.3 is 10.6 Å². The number of amides is 3. The molecule has 0 fully saturated rings. The van der Waals surface area contributed by atoms with E-state index in [0.29, 0.717) is 21.5 Å². The van der Waals surface area contributed by atoms with Gasteiger partial charge in [-0.2, -0.15) is 0 Å². The highest BCUT2D eigenvalue weighted by Crippen LogP contribution is 2.23. The number of hydrogen-bond acceptors (Lipinski definition) is 4. The number of benzene rings is 3. The summed E-state index contributed by atoms with van der Waals surface area (Å²) in [6.45, 7) is 0. The Morgan fingerprint density at radius 2 is 1.73 bits per heavy atom. The van der Waals surface area contributed by atoms with E-state index < -0.39 is 6.03 Å². The largest absolute Gasteiger partial charge is 0.325 e. The van der Waals surface area contributed by atoms with E-state index >= 15 is 0 Å². The van der Waals surface area contributed by atoms with Gasteiger partial charge in [0.25, 0.3) is 0 Å². The highest BCUT2D eigenvalue weighted by atomic mass is 35.5. The fourth-order valence-electron chi connectivity index (χ4n) is 2.96. The van der Waals surface area contributed by atoms with Crippen LogP contribution in [0.15, 0.2) is 72.1 Å². The second-order valence-corrected chi connectivity index (χ2v) is 7.78. The van der Waals surface area contributed by atoms with Gasteiger partial charge in [-0.3, -0.25) is 10.1 Å². The normalized spacial score (nSPS) is 10.6. The van der Waals surface area contributed by atoms with E-state index in [-0.39, 0.29) is 12.3 Å². The van der Waals surface area contributed by atoms with Gasteiger partial charge in [0.15, 0.2) is 5.13 Å². The number of hydrogen-bond donors (Lipinski definition) is 3. The first-order valence-electron chi connectivity index (χ1n) is 9.12. The molecule has 3 N–H and O–H groups in total. The van der Waals surface area contributed by atoms with Crippen LogP contribution >= 0.6 is 22.9 Å². The maximum atomic E-state index is 12.5. The molecule has 0 atom stereocenters. The highest BCUT2D eigenvalue weighted by Gasteiger charge is 2.11. The molecule has 0 aliphatic heterocycles. The maximum absolute atomic E-state index is 12.5. The first-order chi connectivity index (χ1) is 14.6. The van der Waals surface area contributed by atoms with Crippen LogP contribution in [0.2, 0.25) is 5.02 Å². The van der Waals surface area contributed by atoms with Gasteiger partial charge in [0.05, 0.1) is 12.1 Å². The third-order valence-electron chi connectivity index (χ3n) is 4.26. The van der Waals surface area contributed by atoms with E-state index in [1.54, 1.807) is 29.6 Å². The van der Waals surface area contributed by atoms with E-state index in [0.717, 1.165) is 16.5 Å². The molecule has 1 heterocycles. The number of thiazole rings is 1. The number of rotatable bonds is 5. The Labute approximate surface area is 181 Å². The zero-order valence-electron chi connectivity index (χ0n) is 15.7. The third kappa shape index (κ3) is 4.94. The zero-order chi connectivity index (χ0) is 20.9. The molecule has 3 aromatic carbocycles. The van der Waals surface area contributed by atoms with E-state index in [9.17, 15) is 9.59 Å². The van der Waals surface area contributed by atoms with Crippen molar-refractivity contribution in [2.75, 3.05) is 16.0 Å². The Kier molecular flexibility index (Phi) is 5.92. The summed E-state index contributed by atoms with van der Waals surface area (Å²) in [5.41, 5.74) is 1.91. The Morgan fingerprint density at radius 1 is 0.933 bits per heavy atom. The maximum Gasteiger partial charge on any atom is 0.325 e. The molecule has 8 heteroatoms. The number of fused-ring (bicyclic) bond motifs is 1. The molecule has 150 valence electrons. The van der Waals surface area contributed by atoms with Crippen molar-refractivity contribution < 1.29 is 9.59 Å². The number of anilines is 3. The summed E-state index contributed by atoms with van der Waals surface area (Å²) >= 11 is 7.16. The summed E-state index contributed by atoms with van der Waals surface area (Å²) in [5.74, 6) is -0.174. The molecule has 0 bridgehead atoms. The molecule has 4 aromatic rings. The molecule has 0 aliphatic carbocycles. The first-order valence-corrected chi connectivity index (χ1v) is 10.4. The molecule has 0 saturated carbocycles. The topological polar surface area (TPSA) is 83.1 Å². The van der Waals surface area contributed by atoms with Gasteiger partial charge in [0.2, 0.25) is 5.91 Å². The summed E-state index contributed by atoms with van der Waals surface area (Å²) in [6.07, 6.45) is 0.108. The Morgan fingerprint density at radius 3 is 2.60 bits per heavy atom. The number of aromatic nitrogens is 1. The van der Waals surface area contributed by atoms with Crippen LogP contribution in [-0.4, -0.2) is 16.9 Å². The molecule has 3 amide bonds. The zero-order valence-corrected chi connectivity index (χ0v) is 17.3. The lowest BCUT2D eigenvalue weighted by atomic mass is 10.1. The quantitative estimate of drug-likeness (QED) is 0.371. The van der Waals surface area contributed by atoms with Gasteiger partial charge in [-0.15, -0.1) is 11.3 Å². The summed E-state index contributed by atoms with van der Waals surface area (Å²) in [7, 11) is 0. The lowest BCUT2D eigenvalue weighted by Crippen LogP contribution is -2.19. The van der Waals surface area contributed by atoms with Crippen LogP contribution < -0.4 is 16.0 Å².